The van der Waals surface area contributed by atoms with E-state index in [4.69, 9.17) is 9.47 Å². The van der Waals surface area contributed by atoms with Gasteiger partial charge >= 0.3 is 0 Å². The largest absolute Gasteiger partial charge is 0.380 e. The Bertz CT molecular complexity index is 329. The zero-order valence-corrected chi connectivity index (χ0v) is 12.8. The van der Waals surface area contributed by atoms with Crippen molar-refractivity contribution in [3.05, 3.63) is 0 Å². The highest BCUT2D eigenvalue weighted by Crippen LogP contribution is 2.55. The number of carbonyl (C=O) groups excluding carboxylic acids is 1. The van der Waals surface area contributed by atoms with E-state index in [2.05, 4.69) is 33.0 Å². The van der Waals surface area contributed by atoms with Crippen LogP contribution < -0.4 is 5.32 Å². The van der Waals surface area contributed by atoms with E-state index in [1.54, 1.807) is 7.11 Å². The third kappa shape index (κ3) is 2.52. The number of hydrogen-bond donors (Lipinski definition) is 1. The van der Waals surface area contributed by atoms with Crippen LogP contribution >= 0.6 is 0 Å². The highest BCUT2D eigenvalue weighted by molar-refractivity contribution is 5.77. The third-order valence-corrected chi connectivity index (χ3v) is 4.82. The van der Waals surface area contributed by atoms with Crippen molar-refractivity contribution >= 4 is 5.91 Å². The molecule has 1 saturated heterocycles. The van der Waals surface area contributed by atoms with E-state index in [0.29, 0.717) is 6.42 Å². The molecule has 4 nitrogen and oxygen atoms in total. The molecule has 1 saturated carbocycles. The first-order chi connectivity index (χ1) is 8.80. The second kappa shape index (κ2) is 5.06. The van der Waals surface area contributed by atoms with E-state index >= 15 is 0 Å². The highest BCUT2D eigenvalue weighted by Gasteiger charge is 2.62. The number of rotatable bonds is 4. The molecule has 1 unspecified atom stereocenters. The minimum absolute atomic E-state index is 0.0234. The fraction of sp³-hybridized carbons (Fsp3) is 0.933. The van der Waals surface area contributed by atoms with Gasteiger partial charge in [0.25, 0.3) is 0 Å². The van der Waals surface area contributed by atoms with Gasteiger partial charge in [-0.3, -0.25) is 4.79 Å². The molecule has 2 rings (SSSR count). The predicted molar refractivity (Wildman–Crippen MR) is 73.9 cm³/mol. The van der Waals surface area contributed by atoms with E-state index in [1.165, 1.54) is 0 Å². The topological polar surface area (TPSA) is 47.6 Å². The van der Waals surface area contributed by atoms with Gasteiger partial charge in [0.2, 0.25) is 5.91 Å². The van der Waals surface area contributed by atoms with Crippen LogP contribution in [0.1, 0.15) is 47.0 Å². The highest BCUT2D eigenvalue weighted by atomic mass is 16.5. The van der Waals surface area contributed by atoms with Crippen LogP contribution in [0.2, 0.25) is 0 Å². The minimum Gasteiger partial charge on any atom is -0.380 e. The van der Waals surface area contributed by atoms with Crippen molar-refractivity contribution in [2.24, 2.45) is 10.8 Å². The first-order valence-corrected chi connectivity index (χ1v) is 7.24. The third-order valence-electron chi connectivity index (χ3n) is 4.82. The quantitative estimate of drug-likeness (QED) is 0.850. The lowest BCUT2D eigenvalue weighted by Crippen LogP contribution is -2.73. The summed E-state index contributed by atoms with van der Waals surface area (Å²) in [6.45, 7) is 9.42. The number of hydrogen-bond acceptors (Lipinski definition) is 3. The van der Waals surface area contributed by atoms with Crippen molar-refractivity contribution in [2.45, 2.75) is 65.2 Å². The summed E-state index contributed by atoms with van der Waals surface area (Å²) in [6, 6.07) is 0.152. The minimum atomic E-state index is -0.0234. The van der Waals surface area contributed by atoms with Gasteiger partial charge in [-0.25, -0.2) is 0 Å². The number of ether oxygens (including phenoxy) is 2. The van der Waals surface area contributed by atoms with Crippen LogP contribution in [0, 0.1) is 10.8 Å². The molecule has 1 aliphatic heterocycles. The van der Waals surface area contributed by atoms with E-state index in [1.807, 2.05) is 0 Å². The van der Waals surface area contributed by atoms with Crippen molar-refractivity contribution in [1.82, 2.24) is 5.32 Å². The van der Waals surface area contributed by atoms with Gasteiger partial charge in [-0.05, 0) is 12.8 Å². The second-order valence-corrected chi connectivity index (χ2v) is 7.10. The summed E-state index contributed by atoms with van der Waals surface area (Å²) >= 11 is 0. The second-order valence-electron chi connectivity index (χ2n) is 7.10. The first kappa shape index (κ1) is 14.8. The van der Waals surface area contributed by atoms with Gasteiger partial charge in [0.1, 0.15) is 0 Å². The number of methoxy groups -OCH3 is 1. The van der Waals surface area contributed by atoms with Crippen molar-refractivity contribution in [1.29, 1.82) is 0 Å². The Kier molecular flexibility index (Phi) is 3.94. The van der Waals surface area contributed by atoms with Crippen LogP contribution in [0.3, 0.4) is 0 Å². The maximum Gasteiger partial charge on any atom is 0.222 e. The monoisotopic (exact) mass is 269 g/mol. The van der Waals surface area contributed by atoms with Gasteiger partial charge in [0.05, 0.1) is 18.6 Å². The summed E-state index contributed by atoms with van der Waals surface area (Å²) in [5.74, 6) is 0.104. The van der Waals surface area contributed by atoms with Gasteiger partial charge in [0, 0.05) is 30.6 Å². The summed E-state index contributed by atoms with van der Waals surface area (Å²) in [5, 5.41) is 3.19. The maximum atomic E-state index is 12.1. The molecule has 1 N–H and O–H groups in total. The summed E-state index contributed by atoms with van der Waals surface area (Å²) in [5.41, 5.74) is -0.0467. The molecule has 2 aliphatic rings. The summed E-state index contributed by atoms with van der Waals surface area (Å²) in [7, 11) is 1.75. The molecule has 19 heavy (non-hydrogen) atoms. The van der Waals surface area contributed by atoms with E-state index in [-0.39, 0.29) is 35.0 Å². The zero-order chi connectivity index (χ0) is 14.3. The van der Waals surface area contributed by atoms with Crippen LogP contribution in [0.4, 0.5) is 0 Å². The molecule has 0 aromatic carbocycles. The number of nitrogens with one attached hydrogen (secondary N) is 1. The molecule has 1 heterocycles. The van der Waals surface area contributed by atoms with Gasteiger partial charge < -0.3 is 14.8 Å². The smallest absolute Gasteiger partial charge is 0.222 e. The van der Waals surface area contributed by atoms with Gasteiger partial charge in [0.15, 0.2) is 0 Å². The SMILES string of the molecule is COC1C(C)(C)C(NC(=O)CC2CCCO2)C1(C)C. The summed E-state index contributed by atoms with van der Waals surface area (Å²) in [6.07, 6.45) is 2.85. The van der Waals surface area contributed by atoms with E-state index < -0.39 is 0 Å². The zero-order valence-electron chi connectivity index (χ0n) is 12.8. The maximum absolute atomic E-state index is 12.1. The van der Waals surface area contributed by atoms with Crippen molar-refractivity contribution in [3.8, 4) is 0 Å². The Morgan fingerprint density at radius 1 is 1.32 bits per heavy atom. The Labute approximate surface area is 116 Å². The van der Waals surface area contributed by atoms with E-state index in [9.17, 15) is 4.79 Å². The molecule has 0 spiro atoms. The lowest BCUT2D eigenvalue weighted by molar-refractivity contribution is -0.200. The predicted octanol–water partition coefficient (Wildman–Crippen LogP) is 2.12. The normalized spacial score (nSPS) is 35.7. The van der Waals surface area contributed by atoms with Crippen LogP contribution in [0.15, 0.2) is 0 Å². The fourth-order valence-electron chi connectivity index (χ4n) is 4.34. The van der Waals surface area contributed by atoms with E-state index in [0.717, 1.165) is 19.4 Å². The molecule has 0 aromatic heterocycles. The Morgan fingerprint density at radius 3 is 2.42 bits per heavy atom. The fourth-order valence-corrected chi connectivity index (χ4v) is 4.34. The molecule has 1 amide bonds. The molecular formula is C15H27NO3. The summed E-state index contributed by atoms with van der Waals surface area (Å²) in [4.78, 5) is 12.1. The van der Waals surface area contributed by atoms with Crippen LogP contribution in [-0.2, 0) is 14.3 Å². The molecule has 4 heteroatoms. The van der Waals surface area contributed by atoms with Crippen LogP contribution in [0.25, 0.3) is 0 Å². The average molecular weight is 269 g/mol. The van der Waals surface area contributed by atoms with Crippen molar-refractivity contribution in [2.75, 3.05) is 13.7 Å². The van der Waals surface area contributed by atoms with Crippen molar-refractivity contribution in [3.63, 3.8) is 0 Å². The molecule has 1 aliphatic carbocycles. The number of amides is 1. The molecule has 110 valence electrons. The molecule has 0 aromatic rings. The lowest BCUT2D eigenvalue weighted by Gasteiger charge is -2.63. The van der Waals surface area contributed by atoms with Gasteiger partial charge in [-0.1, -0.05) is 27.7 Å². The molecule has 1 atom stereocenters. The standard InChI is InChI=1S/C15H27NO3/c1-14(2)12(15(3,4)13(14)18-5)16-11(17)9-10-7-6-8-19-10/h10,12-13H,6-9H2,1-5H3,(H,16,17). The van der Waals surface area contributed by atoms with Gasteiger partial charge in [-0.15, -0.1) is 0 Å². The Morgan fingerprint density at radius 2 is 1.95 bits per heavy atom. The Balaban J connectivity index is 1.93. The molecule has 0 bridgehead atoms. The molecular weight excluding hydrogens is 242 g/mol. The van der Waals surface area contributed by atoms with Gasteiger partial charge in [-0.2, -0.15) is 0 Å². The Hall–Kier alpha value is -0.610. The van der Waals surface area contributed by atoms with Crippen molar-refractivity contribution < 1.29 is 14.3 Å². The first-order valence-electron chi connectivity index (χ1n) is 7.24. The molecule has 2 fully saturated rings. The average Bonchev–Trinajstić information content (AvgIpc) is 2.78. The van der Waals surface area contributed by atoms with Crippen LogP contribution in [0.5, 0.6) is 0 Å². The molecule has 0 radical (unpaired) electrons. The number of carbonyl (C=O) groups is 1. The summed E-state index contributed by atoms with van der Waals surface area (Å²) < 4.78 is 11.1. The lowest BCUT2D eigenvalue weighted by atomic mass is 9.49. The van der Waals surface area contributed by atoms with Crippen LogP contribution in [-0.4, -0.2) is 37.9 Å².